The number of nitrogens with one attached hydrogen (secondary N) is 1. The number of hydrogen-bond donors (Lipinski definition) is 1. The maximum Gasteiger partial charge on any atom is 0.326 e. The predicted molar refractivity (Wildman–Crippen MR) is 89.8 cm³/mol. The molecule has 2 aliphatic rings. The highest BCUT2D eigenvalue weighted by atomic mass is 16.2. The van der Waals surface area contributed by atoms with Gasteiger partial charge in [-0.3, -0.25) is 14.5 Å². The molecule has 1 atom stereocenters. The van der Waals surface area contributed by atoms with Crippen LogP contribution in [0.3, 0.4) is 0 Å². The Balaban J connectivity index is 1.51. The van der Waals surface area contributed by atoms with Crippen LogP contribution in [0.4, 0.5) is 4.79 Å². The summed E-state index contributed by atoms with van der Waals surface area (Å²) in [5.41, 5.74) is 3.43. The standard InChI is InChI=1S/C17H23N5O3/c1-10-11-5-4-6-12(11)20-14(19-10)7-8-18-15(23)9-13-16(24)22(3)17(25)21(13)2/h13H,4-9H2,1-3H3,(H,18,23)/t13-/m1/s1. The number of nitrogens with zero attached hydrogens (tertiary/aromatic N) is 4. The Kier molecular flexibility index (Phi) is 4.69. The molecule has 1 aromatic heterocycles. The summed E-state index contributed by atoms with van der Waals surface area (Å²) in [5, 5.41) is 2.79. The molecule has 0 radical (unpaired) electrons. The van der Waals surface area contributed by atoms with Gasteiger partial charge in [0.15, 0.2) is 0 Å². The molecule has 3 rings (SSSR count). The number of fused-ring (bicyclic) bond motifs is 1. The molecule has 1 saturated heterocycles. The van der Waals surface area contributed by atoms with Gasteiger partial charge in [0.1, 0.15) is 11.9 Å². The molecule has 1 aliphatic carbocycles. The number of likely N-dealkylation sites (N-methyl/N-ethyl adjacent to an activating group) is 2. The van der Waals surface area contributed by atoms with Gasteiger partial charge in [-0.2, -0.15) is 0 Å². The van der Waals surface area contributed by atoms with Crippen LogP contribution in [0.25, 0.3) is 0 Å². The summed E-state index contributed by atoms with van der Waals surface area (Å²) in [5.74, 6) is 0.133. The highest BCUT2D eigenvalue weighted by Crippen LogP contribution is 2.22. The van der Waals surface area contributed by atoms with Crippen molar-refractivity contribution >= 4 is 17.8 Å². The molecule has 25 heavy (non-hydrogen) atoms. The Bertz CT molecular complexity index is 733. The van der Waals surface area contributed by atoms with Crippen molar-refractivity contribution in [1.29, 1.82) is 0 Å². The Hall–Kier alpha value is -2.51. The lowest BCUT2D eigenvalue weighted by molar-refractivity contribution is -0.131. The summed E-state index contributed by atoms with van der Waals surface area (Å²) < 4.78 is 0. The van der Waals surface area contributed by atoms with Gasteiger partial charge in [-0.25, -0.2) is 14.8 Å². The summed E-state index contributed by atoms with van der Waals surface area (Å²) in [6.07, 6.45) is 3.69. The molecule has 0 spiro atoms. The van der Waals surface area contributed by atoms with Gasteiger partial charge in [-0.15, -0.1) is 0 Å². The van der Waals surface area contributed by atoms with E-state index >= 15 is 0 Å². The molecule has 0 saturated carbocycles. The van der Waals surface area contributed by atoms with Crippen molar-refractivity contribution in [2.24, 2.45) is 0 Å². The van der Waals surface area contributed by atoms with Crippen molar-refractivity contribution in [3.8, 4) is 0 Å². The van der Waals surface area contributed by atoms with Crippen LogP contribution in [0, 0.1) is 6.92 Å². The topological polar surface area (TPSA) is 95.5 Å². The Labute approximate surface area is 146 Å². The smallest absolute Gasteiger partial charge is 0.326 e. The summed E-state index contributed by atoms with van der Waals surface area (Å²) in [6, 6.07) is -1.11. The second kappa shape index (κ2) is 6.78. The van der Waals surface area contributed by atoms with Gasteiger partial charge in [0, 0.05) is 38.4 Å². The zero-order chi connectivity index (χ0) is 18.1. The van der Waals surface area contributed by atoms with Gasteiger partial charge in [0.25, 0.3) is 5.91 Å². The average molecular weight is 345 g/mol. The number of rotatable bonds is 5. The first-order chi connectivity index (χ1) is 11.9. The summed E-state index contributed by atoms with van der Waals surface area (Å²) in [4.78, 5) is 47.2. The van der Waals surface area contributed by atoms with Gasteiger partial charge in [-0.1, -0.05) is 0 Å². The molecule has 8 nitrogen and oxygen atoms in total. The van der Waals surface area contributed by atoms with Crippen molar-refractivity contribution in [3.05, 3.63) is 22.8 Å². The molecular weight excluding hydrogens is 322 g/mol. The lowest BCUT2D eigenvalue weighted by atomic mass is 10.1. The van der Waals surface area contributed by atoms with E-state index in [1.54, 1.807) is 0 Å². The normalized spacial score (nSPS) is 19.6. The van der Waals surface area contributed by atoms with Gasteiger partial charge in [0.05, 0.1) is 6.42 Å². The van der Waals surface area contributed by atoms with Crippen molar-refractivity contribution in [3.63, 3.8) is 0 Å². The molecule has 2 heterocycles. The van der Waals surface area contributed by atoms with Crippen LogP contribution in [0.5, 0.6) is 0 Å². The van der Waals surface area contributed by atoms with Crippen LogP contribution in [0.2, 0.25) is 0 Å². The number of aryl methyl sites for hydroxylation is 2. The van der Waals surface area contributed by atoms with E-state index in [1.165, 1.54) is 24.6 Å². The maximum absolute atomic E-state index is 12.1. The van der Waals surface area contributed by atoms with E-state index in [1.807, 2.05) is 6.92 Å². The first-order valence-corrected chi connectivity index (χ1v) is 8.54. The minimum atomic E-state index is -0.726. The van der Waals surface area contributed by atoms with Crippen molar-refractivity contribution in [1.82, 2.24) is 25.1 Å². The fraction of sp³-hybridized carbons (Fsp3) is 0.588. The molecule has 1 aromatic rings. The number of imide groups is 1. The van der Waals surface area contributed by atoms with Crippen molar-refractivity contribution in [2.75, 3.05) is 20.6 Å². The maximum atomic E-state index is 12.1. The van der Waals surface area contributed by atoms with Crippen LogP contribution in [0.15, 0.2) is 0 Å². The fourth-order valence-electron chi connectivity index (χ4n) is 3.43. The largest absolute Gasteiger partial charge is 0.356 e. The van der Waals surface area contributed by atoms with E-state index < -0.39 is 6.04 Å². The zero-order valence-corrected chi connectivity index (χ0v) is 14.8. The van der Waals surface area contributed by atoms with Gasteiger partial charge in [-0.05, 0) is 31.7 Å². The van der Waals surface area contributed by atoms with E-state index in [0.29, 0.717) is 13.0 Å². The summed E-state index contributed by atoms with van der Waals surface area (Å²) >= 11 is 0. The van der Waals surface area contributed by atoms with E-state index in [4.69, 9.17) is 0 Å². The Morgan fingerprint density at radius 1 is 1.24 bits per heavy atom. The molecule has 1 fully saturated rings. The third-order valence-corrected chi connectivity index (χ3v) is 4.91. The number of hydrogen-bond acceptors (Lipinski definition) is 5. The van der Waals surface area contributed by atoms with Crippen LogP contribution in [-0.2, 0) is 28.9 Å². The molecule has 8 heteroatoms. The van der Waals surface area contributed by atoms with Crippen LogP contribution in [-0.4, -0.2) is 64.3 Å². The minimum absolute atomic E-state index is 0.0323. The third kappa shape index (κ3) is 3.33. The fourth-order valence-corrected chi connectivity index (χ4v) is 3.43. The quantitative estimate of drug-likeness (QED) is 0.770. The van der Waals surface area contributed by atoms with Crippen molar-refractivity contribution < 1.29 is 14.4 Å². The molecule has 4 amide bonds. The van der Waals surface area contributed by atoms with Crippen molar-refractivity contribution in [2.45, 2.75) is 45.1 Å². The number of carbonyl (C=O) groups is 3. The molecule has 0 unspecified atom stereocenters. The van der Waals surface area contributed by atoms with E-state index in [-0.39, 0.29) is 24.3 Å². The summed E-state index contributed by atoms with van der Waals surface area (Å²) in [7, 11) is 2.95. The number of aromatic nitrogens is 2. The van der Waals surface area contributed by atoms with Gasteiger partial charge < -0.3 is 10.2 Å². The van der Waals surface area contributed by atoms with Crippen LogP contribution in [0.1, 0.15) is 35.6 Å². The van der Waals surface area contributed by atoms with Gasteiger partial charge in [0.2, 0.25) is 5.91 Å². The monoisotopic (exact) mass is 345 g/mol. The lowest BCUT2D eigenvalue weighted by Gasteiger charge is -2.15. The summed E-state index contributed by atoms with van der Waals surface area (Å²) in [6.45, 7) is 2.41. The first kappa shape index (κ1) is 17.3. The highest BCUT2D eigenvalue weighted by Gasteiger charge is 2.41. The second-order valence-corrected chi connectivity index (χ2v) is 6.61. The molecule has 0 aromatic carbocycles. The molecular formula is C17H23N5O3. The van der Waals surface area contributed by atoms with Crippen LogP contribution >= 0.6 is 0 Å². The second-order valence-electron chi connectivity index (χ2n) is 6.61. The third-order valence-electron chi connectivity index (χ3n) is 4.91. The number of amides is 4. The zero-order valence-electron chi connectivity index (χ0n) is 14.8. The van der Waals surface area contributed by atoms with E-state index in [9.17, 15) is 14.4 Å². The Morgan fingerprint density at radius 2 is 2.00 bits per heavy atom. The average Bonchev–Trinajstić information content (AvgIpc) is 3.11. The number of urea groups is 1. The molecule has 1 aliphatic heterocycles. The highest BCUT2D eigenvalue weighted by molar-refractivity contribution is 6.05. The van der Waals surface area contributed by atoms with Crippen LogP contribution < -0.4 is 5.32 Å². The molecule has 1 N–H and O–H groups in total. The number of carbonyl (C=O) groups excluding carboxylic acids is 3. The van der Waals surface area contributed by atoms with E-state index in [2.05, 4.69) is 15.3 Å². The molecule has 134 valence electrons. The Morgan fingerprint density at radius 3 is 2.68 bits per heavy atom. The molecule has 0 bridgehead atoms. The lowest BCUT2D eigenvalue weighted by Crippen LogP contribution is -2.38. The van der Waals surface area contributed by atoms with E-state index in [0.717, 1.165) is 41.4 Å². The first-order valence-electron chi connectivity index (χ1n) is 8.54. The SMILES string of the molecule is Cc1nc(CCNC(=O)C[C@@H]2C(=O)N(C)C(=O)N2C)nc2c1CCC2. The minimum Gasteiger partial charge on any atom is -0.356 e. The predicted octanol–water partition coefficient (Wildman–Crippen LogP) is 0.215. The van der Waals surface area contributed by atoms with Gasteiger partial charge >= 0.3 is 6.03 Å².